The van der Waals surface area contributed by atoms with Crippen LogP contribution in [-0.4, -0.2) is 29.7 Å². The normalized spacial score (nSPS) is 12.6. The average Bonchev–Trinajstić information content (AvgIpc) is 2.35. The van der Waals surface area contributed by atoms with Gasteiger partial charge in [0.15, 0.2) is 0 Å². The van der Waals surface area contributed by atoms with Gasteiger partial charge >= 0.3 is 0 Å². The van der Waals surface area contributed by atoms with Gasteiger partial charge in [-0.15, -0.1) is 0 Å². The van der Waals surface area contributed by atoms with E-state index in [-0.39, 0.29) is 6.04 Å². The van der Waals surface area contributed by atoms with E-state index in [2.05, 4.69) is 29.1 Å². The Labute approximate surface area is 104 Å². The summed E-state index contributed by atoms with van der Waals surface area (Å²) in [6, 6.07) is 0.0992. The Kier molecular flexibility index (Phi) is 6.74. The van der Waals surface area contributed by atoms with E-state index in [1.54, 1.807) is 0 Å². The summed E-state index contributed by atoms with van der Waals surface area (Å²) in [7, 11) is 0. The highest BCUT2D eigenvalue weighted by Gasteiger charge is 2.13. The molecule has 0 radical (unpaired) electrons. The SMILES string of the molecule is CCCNC(COCCC)c1ncc(C)cn1. The molecule has 4 heteroatoms. The zero-order valence-corrected chi connectivity index (χ0v) is 11.1. The third-order valence-corrected chi connectivity index (χ3v) is 2.39. The van der Waals surface area contributed by atoms with Gasteiger partial charge in [-0.2, -0.15) is 0 Å². The minimum absolute atomic E-state index is 0.0992. The second-order valence-corrected chi connectivity index (χ2v) is 4.20. The number of aromatic nitrogens is 2. The molecule has 1 rings (SSSR count). The molecule has 96 valence electrons. The van der Waals surface area contributed by atoms with Gasteiger partial charge in [0.2, 0.25) is 0 Å². The Bertz CT molecular complexity index is 300. The minimum Gasteiger partial charge on any atom is -0.379 e. The Morgan fingerprint density at radius 2 is 1.94 bits per heavy atom. The molecule has 1 aromatic rings. The number of rotatable bonds is 8. The zero-order valence-electron chi connectivity index (χ0n) is 11.1. The van der Waals surface area contributed by atoms with Gasteiger partial charge in [-0.05, 0) is 31.9 Å². The highest BCUT2D eigenvalue weighted by Crippen LogP contribution is 2.08. The first-order chi connectivity index (χ1) is 8.27. The molecule has 1 atom stereocenters. The van der Waals surface area contributed by atoms with Crippen molar-refractivity contribution in [2.75, 3.05) is 19.8 Å². The number of nitrogens with one attached hydrogen (secondary N) is 1. The van der Waals surface area contributed by atoms with Crippen LogP contribution in [0, 0.1) is 6.92 Å². The maximum Gasteiger partial charge on any atom is 0.147 e. The van der Waals surface area contributed by atoms with Crippen LogP contribution in [0.5, 0.6) is 0 Å². The van der Waals surface area contributed by atoms with Crippen LogP contribution in [0.3, 0.4) is 0 Å². The lowest BCUT2D eigenvalue weighted by Crippen LogP contribution is -2.28. The molecule has 1 unspecified atom stereocenters. The van der Waals surface area contributed by atoms with Crippen molar-refractivity contribution < 1.29 is 4.74 Å². The van der Waals surface area contributed by atoms with Crippen LogP contribution in [0.4, 0.5) is 0 Å². The van der Waals surface area contributed by atoms with Crippen LogP contribution in [0.25, 0.3) is 0 Å². The molecule has 0 aliphatic rings. The smallest absolute Gasteiger partial charge is 0.147 e. The molecular weight excluding hydrogens is 214 g/mol. The molecule has 0 aromatic carbocycles. The van der Waals surface area contributed by atoms with E-state index < -0.39 is 0 Å². The summed E-state index contributed by atoms with van der Waals surface area (Å²) < 4.78 is 5.58. The molecule has 0 saturated heterocycles. The van der Waals surface area contributed by atoms with Crippen molar-refractivity contribution in [3.05, 3.63) is 23.8 Å². The van der Waals surface area contributed by atoms with Crippen LogP contribution in [0.2, 0.25) is 0 Å². The summed E-state index contributed by atoms with van der Waals surface area (Å²) in [5.74, 6) is 0.820. The molecule has 0 aliphatic heterocycles. The molecule has 0 saturated carbocycles. The molecule has 0 aliphatic carbocycles. The summed E-state index contributed by atoms with van der Waals surface area (Å²) in [6.45, 7) is 8.63. The fourth-order valence-electron chi connectivity index (χ4n) is 1.47. The topological polar surface area (TPSA) is 47.0 Å². The van der Waals surface area contributed by atoms with E-state index in [0.717, 1.165) is 37.4 Å². The maximum atomic E-state index is 5.58. The van der Waals surface area contributed by atoms with Crippen molar-refractivity contribution in [2.45, 2.75) is 39.7 Å². The summed E-state index contributed by atoms with van der Waals surface area (Å²) >= 11 is 0. The lowest BCUT2D eigenvalue weighted by molar-refractivity contribution is 0.109. The summed E-state index contributed by atoms with van der Waals surface area (Å²) in [6.07, 6.45) is 5.83. The van der Waals surface area contributed by atoms with E-state index in [1.807, 2.05) is 19.3 Å². The molecule has 1 N–H and O–H groups in total. The van der Waals surface area contributed by atoms with Gasteiger partial charge in [0.1, 0.15) is 5.82 Å². The van der Waals surface area contributed by atoms with E-state index >= 15 is 0 Å². The van der Waals surface area contributed by atoms with Gasteiger partial charge in [-0.1, -0.05) is 13.8 Å². The van der Waals surface area contributed by atoms with Gasteiger partial charge in [-0.25, -0.2) is 9.97 Å². The first kappa shape index (κ1) is 14.1. The van der Waals surface area contributed by atoms with Gasteiger partial charge in [-0.3, -0.25) is 0 Å². The number of hydrogen-bond donors (Lipinski definition) is 1. The molecule has 0 spiro atoms. The lowest BCUT2D eigenvalue weighted by Gasteiger charge is -2.17. The number of nitrogens with zero attached hydrogens (tertiary/aromatic N) is 2. The van der Waals surface area contributed by atoms with Crippen molar-refractivity contribution in [2.24, 2.45) is 0 Å². The standard InChI is InChI=1S/C13H23N3O/c1-4-6-14-12(10-17-7-5-2)13-15-8-11(3)9-16-13/h8-9,12,14H,4-7,10H2,1-3H3. The van der Waals surface area contributed by atoms with Crippen LogP contribution in [0.1, 0.15) is 44.1 Å². The average molecular weight is 237 g/mol. The van der Waals surface area contributed by atoms with Crippen LogP contribution >= 0.6 is 0 Å². The third kappa shape index (κ3) is 5.24. The third-order valence-electron chi connectivity index (χ3n) is 2.39. The minimum atomic E-state index is 0.0992. The molecule has 1 heterocycles. The van der Waals surface area contributed by atoms with Crippen molar-refractivity contribution in [1.29, 1.82) is 0 Å². The van der Waals surface area contributed by atoms with Crippen LogP contribution in [-0.2, 0) is 4.74 Å². The molecule has 0 fully saturated rings. The predicted molar refractivity (Wildman–Crippen MR) is 68.9 cm³/mol. The first-order valence-electron chi connectivity index (χ1n) is 6.37. The van der Waals surface area contributed by atoms with E-state index in [9.17, 15) is 0 Å². The zero-order chi connectivity index (χ0) is 12.5. The maximum absolute atomic E-state index is 5.58. The quantitative estimate of drug-likeness (QED) is 0.704. The van der Waals surface area contributed by atoms with E-state index in [1.165, 1.54) is 0 Å². The van der Waals surface area contributed by atoms with Crippen molar-refractivity contribution in [3.63, 3.8) is 0 Å². The van der Waals surface area contributed by atoms with Gasteiger partial charge < -0.3 is 10.1 Å². The number of ether oxygens (including phenoxy) is 1. The predicted octanol–water partition coefficient (Wildman–Crippen LogP) is 2.25. The molecular formula is C13H23N3O. The Morgan fingerprint density at radius 3 is 2.53 bits per heavy atom. The van der Waals surface area contributed by atoms with Gasteiger partial charge in [0.25, 0.3) is 0 Å². The monoisotopic (exact) mass is 237 g/mol. The summed E-state index contributed by atoms with van der Waals surface area (Å²) in [5, 5.41) is 3.41. The van der Waals surface area contributed by atoms with Gasteiger partial charge in [0.05, 0.1) is 12.6 Å². The number of aryl methyl sites for hydroxylation is 1. The van der Waals surface area contributed by atoms with E-state index in [0.29, 0.717) is 6.61 Å². The van der Waals surface area contributed by atoms with Crippen LogP contribution < -0.4 is 5.32 Å². The first-order valence-corrected chi connectivity index (χ1v) is 6.37. The summed E-state index contributed by atoms with van der Waals surface area (Å²) in [4.78, 5) is 8.71. The molecule has 4 nitrogen and oxygen atoms in total. The highest BCUT2D eigenvalue weighted by molar-refractivity contribution is 5.04. The van der Waals surface area contributed by atoms with Crippen molar-refractivity contribution >= 4 is 0 Å². The molecule has 0 bridgehead atoms. The fraction of sp³-hybridized carbons (Fsp3) is 0.692. The molecule has 0 amide bonds. The molecule has 1 aromatic heterocycles. The largest absolute Gasteiger partial charge is 0.379 e. The second kappa shape index (κ2) is 8.14. The number of hydrogen-bond acceptors (Lipinski definition) is 4. The van der Waals surface area contributed by atoms with Gasteiger partial charge in [0, 0.05) is 19.0 Å². The lowest BCUT2D eigenvalue weighted by atomic mass is 10.2. The summed E-state index contributed by atoms with van der Waals surface area (Å²) in [5.41, 5.74) is 1.08. The molecule has 17 heavy (non-hydrogen) atoms. The van der Waals surface area contributed by atoms with Crippen molar-refractivity contribution in [1.82, 2.24) is 15.3 Å². The van der Waals surface area contributed by atoms with Crippen molar-refractivity contribution in [3.8, 4) is 0 Å². The Morgan fingerprint density at radius 1 is 1.24 bits per heavy atom. The van der Waals surface area contributed by atoms with E-state index in [4.69, 9.17) is 4.74 Å². The highest BCUT2D eigenvalue weighted by atomic mass is 16.5. The second-order valence-electron chi connectivity index (χ2n) is 4.20. The Balaban J connectivity index is 2.57. The fourth-order valence-corrected chi connectivity index (χ4v) is 1.47. The Hall–Kier alpha value is -1.00. The van der Waals surface area contributed by atoms with Crippen LogP contribution in [0.15, 0.2) is 12.4 Å².